The van der Waals surface area contributed by atoms with Crippen molar-refractivity contribution in [3.63, 3.8) is 0 Å². The average molecular weight is 698 g/mol. The Morgan fingerprint density at radius 1 is 0.451 bits per heavy atom. The highest BCUT2D eigenvalue weighted by molar-refractivity contribution is 5.84. The van der Waals surface area contributed by atoms with E-state index in [4.69, 9.17) is 19.2 Å². The van der Waals surface area contributed by atoms with Crippen LogP contribution in [0.5, 0.6) is 34.5 Å². The Morgan fingerprint density at radius 3 is 1.14 bits per heavy atom. The maximum Gasteiger partial charge on any atom is 0.131 e. The van der Waals surface area contributed by atoms with Crippen LogP contribution in [-0.2, 0) is 0 Å². The number of hydrogen-bond acceptors (Lipinski definition) is 7. The topological polar surface area (TPSA) is 101 Å². The smallest absolute Gasteiger partial charge is 0.131 e. The van der Waals surface area contributed by atoms with Crippen molar-refractivity contribution in [1.82, 2.24) is 4.98 Å². The van der Waals surface area contributed by atoms with Gasteiger partial charge in [0.25, 0.3) is 0 Å². The monoisotopic (exact) mass is 697 g/mol. The van der Waals surface area contributed by atoms with Crippen LogP contribution >= 0.6 is 0 Å². The zero-order valence-electron chi connectivity index (χ0n) is 31.7. The fourth-order valence-electron chi connectivity index (χ4n) is 6.26. The molecule has 0 aliphatic carbocycles. The highest BCUT2D eigenvalue weighted by Crippen LogP contribution is 2.44. The summed E-state index contributed by atoms with van der Waals surface area (Å²) in [4.78, 5) is 4.98. The van der Waals surface area contributed by atoms with Crippen LogP contribution in [0.3, 0.4) is 0 Å². The highest BCUT2D eigenvalue weighted by atomic mass is 16.5. The second-order valence-electron chi connectivity index (χ2n) is 13.6. The van der Waals surface area contributed by atoms with E-state index in [9.17, 15) is 15.3 Å². The summed E-state index contributed by atoms with van der Waals surface area (Å²) in [5.74, 6) is 2.21. The number of nitrogens with zero attached hydrogens (tertiary/aromatic N) is 1. The molecule has 4 aromatic rings. The van der Waals surface area contributed by atoms with Crippen LogP contribution < -0.4 is 14.2 Å². The molecule has 7 heteroatoms. The number of phenols is 3. The largest absolute Gasteiger partial charge is 0.507 e. The molecule has 276 valence electrons. The molecule has 0 saturated heterocycles. The molecule has 0 spiro atoms. The summed E-state index contributed by atoms with van der Waals surface area (Å²) in [5.41, 5.74) is 5.26. The summed E-state index contributed by atoms with van der Waals surface area (Å²) in [6, 6.07) is 14.9. The molecule has 0 aliphatic rings. The molecule has 7 nitrogen and oxygen atoms in total. The summed E-state index contributed by atoms with van der Waals surface area (Å²) in [6.45, 7) is 13.9. The van der Waals surface area contributed by atoms with E-state index < -0.39 is 0 Å². The van der Waals surface area contributed by atoms with Crippen molar-refractivity contribution in [2.45, 2.75) is 119 Å². The number of aromatic hydroxyl groups is 3. The molecule has 0 amide bonds. The van der Waals surface area contributed by atoms with Crippen molar-refractivity contribution in [3.05, 3.63) is 65.2 Å². The molecule has 4 rings (SSSR count). The van der Waals surface area contributed by atoms with E-state index >= 15 is 0 Å². The standard InChI is InChI=1S/C44H59NO6/c1-7-10-13-16-25-49-39-22-19-34(42(46)30(39)4)33-28-37(35-20-23-40(31(5)43(35)47)50-26-17-14-11-8-2)45-38(29-33)36-21-24-41(32(6)44(36)48)51-27-18-15-12-9-3/h19-24,28-29,46-48H,7-18,25-27H2,1-6H3. The van der Waals surface area contributed by atoms with Crippen molar-refractivity contribution < 1.29 is 29.5 Å². The first-order chi connectivity index (χ1) is 24.7. The maximum atomic E-state index is 11.5. The molecule has 51 heavy (non-hydrogen) atoms. The molecule has 1 heterocycles. The van der Waals surface area contributed by atoms with Crippen molar-refractivity contribution in [2.75, 3.05) is 19.8 Å². The molecule has 1 aromatic heterocycles. The van der Waals surface area contributed by atoms with E-state index in [-0.39, 0.29) is 17.2 Å². The normalized spacial score (nSPS) is 11.2. The Hall–Kier alpha value is -4.39. The average Bonchev–Trinajstić information content (AvgIpc) is 3.13. The lowest BCUT2D eigenvalue weighted by Crippen LogP contribution is -2.01. The predicted molar refractivity (Wildman–Crippen MR) is 209 cm³/mol. The molecule has 0 atom stereocenters. The number of pyridine rings is 1. The SMILES string of the molecule is CCCCCCOc1ccc(-c2cc(-c3ccc(OCCCCCC)c(C)c3O)nc(-c3ccc(OCCCCCC)c(C)c3O)c2)c(O)c1C. The number of benzene rings is 3. The van der Waals surface area contributed by atoms with E-state index in [0.29, 0.717) is 87.4 Å². The van der Waals surface area contributed by atoms with E-state index in [1.165, 1.54) is 19.3 Å². The van der Waals surface area contributed by atoms with Gasteiger partial charge < -0.3 is 29.5 Å². The fraction of sp³-hybridized carbons (Fsp3) is 0.477. The van der Waals surface area contributed by atoms with E-state index in [0.717, 1.165) is 57.8 Å². The van der Waals surface area contributed by atoms with Gasteiger partial charge in [0.15, 0.2) is 0 Å². The Kier molecular flexibility index (Phi) is 15.3. The Bertz CT molecular complexity index is 1500. The van der Waals surface area contributed by atoms with Gasteiger partial charge >= 0.3 is 0 Å². The summed E-state index contributed by atoms with van der Waals surface area (Å²) < 4.78 is 18.1. The first-order valence-corrected chi connectivity index (χ1v) is 19.1. The Balaban J connectivity index is 1.74. The van der Waals surface area contributed by atoms with Crippen LogP contribution in [0.4, 0.5) is 0 Å². The van der Waals surface area contributed by atoms with Crippen LogP contribution in [0, 0.1) is 20.8 Å². The van der Waals surface area contributed by atoms with Gasteiger partial charge in [-0.3, -0.25) is 0 Å². The summed E-state index contributed by atoms with van der Waals surface area (Å²) in [7, 11) is 0. The zero-order valence-corrected chi connectivity index (χ0v) is 31.7. The first-order valence-electron chi connectivity index (χ1n) is 19.1. The minimum absolute atomic E-state index is 0.0797. The van der Waals surface area contributed by atoms with Gasteiger partial charge in [-0.25, -0.2) is 4.98 Å². The lowest BCUT2D eigenvalue weighted by molar-refractivity contribution is 0.301. The molecule has 0 fully saturated rings. The number of phenolic OH excluding ortho intramolecular Hbond substituents is 3. The molecule has 0 saturated carbocycles. The van der Waals surface area contributed by atoms with Gasteiger partial charge in [0.05, 0.1) is 31.2 Å². The van der Waals surface area contributed by atoms with Crippen molar-refractivity contribution in [1.29, 1.82) is 0 Å². The molecule has 0 aliphatic heterocycles. The molecule has 0 bridgehead atoms. The molecule has 0 unspecified atom stereocenters. The minimum atomic E-state index is 0.0797. The van der Waals surface area contributed by atoms with Crippen molar-refractivity contribution in [3.8, 4) is 68.1 Å². The van der Waals surface area contributed by atoms with Crippen LogP contribution in [0.15, 0.2) is 48.5 Å². The van der Waals surface area contributed by atoms with Gasteiger partial charge in [0.1, 0.15) is 34.5 Å². The van der Waals surface area contributed by atoms with Gasteiger partial charge in [-0.15, -0.1) is 0 Å². The zero-order chi connectivity index (χ0) is 36.8. The number of rotatable bonds is 21. The lowest BCUT2D eigenvalue weighted by Gasteiger charge is -2.18. The maximum absolute atomic E-state index is 11.5. The molecule has 0 radical (unpaired) electrons. The van der Waals surface area contributed by atoms with Crippen LogP contribution in [0.1, 0.15) is 115 Å². The van der Waals surface area contributed by atoms with Gasteiger partial charge in [-0.1, -0.05) is 78.6 Å². The van der Waals surface area contributed by atoms with Crippen LogP contribution in [0.2, 0.25) is 0 Å². The molecule has 3 N–H and O–H groups in total. The highest BCUT2D eigenvalue weighted by Gasteiger charge is 2.20. The van der Waals surface area contributed by atoms with Gasteiger partial charge in [0.2, 0.25) is 0 Å². The third-order valence-electron chi connectivity index (χ3n) is 9.60. The lowest BCUT2D eigenvalue weighted by atomic mass is 9.96. The Labute approximate surface area is 305 Å². The second-order valence-corrected chi connectivity index (χ2v) is 13.6. The summed E-state index contributed by atoms with van der Waals surface area (Å²) >= 11 is 0. The van der Waals surface area contributed by atoms with Crippen molar-refractivity contribution in [2.24, 2.45) is 0 Å². The van der Waals surface area contributed by atoms with Crippen molar-refractivity contribution >= 4 is 0 Å². The Morgan fingerprint density at radius 2 is 0.784 bits per heavy atom. The van der Waals surface area contributed by atoms with Gasteiger partial charge in [-0.2, -0.15) is 0 Å². The number of ether oxygens (including phenoxy) is 3. The summed E-state index contributed by atoms with van der Waals surface area (Å²) in [6.07, 6.45) is 13.2. The second kappa shape index (κ2) is 19.9. The van der Waals surface area contributed by atoms with Gasteiger partial charge in [-0.05, 0) is 94.1 Å². The van der Waals surface area contributed by atoms with E-state index in [1.54, 1.807) is 0 Å². The third kappa shape index (κ3) is 10.3. The van der Waals surface area contributed by atoms with E-state index in [2.05, 4.69) is 20.8 Å². The molecule has 3 aromatic carbocycles. The summed E-state index contributed by atoms with van der Waals surface area (Å²) in [5, 5.41) is 34.5. The fourth-order valence-corrected chi connectivity index (χ4v) is 6.26. The quantitative estimate of drug-likeness (QED) is 0.0745. The number of aromatic nitrogens is 1. The first kappa shape index (κ1) is 39.4. The van der Waals surface area contributed by atoms with Gasteiger partial charge in [0, 0.05) is 33.4 Å². The number of unbranched alkanes of at least 4 members (excludes halogenated alkanes) is 9. The van der Waals surface area contributed by atoms with Crippen LogP contribution in [-0.4, -0.2) is 40.1 Å². The van der Waals surface area contributed by atoms with E-state index in [1.807, 2.05) is 69.3 Å². The minimum Gasteiger partial charge on any atom is -0.507 e. The third-order valence-corrected chi connectivity index (χ3v) is 9.60. The molecular weight excluding hydrogens is 638 g/mol. The molecular formula is C44H59NO6. The predicted octanol–water partition coefficient (Wildman–Crippen LogP) is 12.0. The van der Waals surface area contributed by atoms with Crippen LogP contribution in [0.25, 0.3) is 33.6 Å². The number of hydrogen-bond donors (Lipinski definition) is 3.